The van der Waals surface area contributed by atoms with Gasteiger partial charge in [0.05, 0.1) is 18.2 Å². The molecule has 158 valence electrons. The molecule has 4 rings (SSSR count). The first-order valence-corrected chi connectivity index (χ1v) is 10.8. The van der Waals surface area contributed by atoms with E-state index in [1.54, 1.807) is 12.1 Å². The smallest absolute Gasteiger partial charge is 0.161 e. The van der Waals surface area contributed by atoms with E-state index in [1.165, 1.54) is 10.8 Å². The van der Waals surface area contributed by atoms with Gasteiger partial charge in [-0.1, -0.05) is 72.3 Å². The highest BCUT2D eigenvalue weighted by atomic mass is 35.5. The van der Waals surface area contributed by atoms with E-state index in [4.69, 9.17) is 21.1 Å². The molecular formula is C28H22ClNO2. The van der Waals surface area contributed by atoms with Crippen LogP contribution in [-0.4, -0.2) is 6.61 Å². The highest BCUT2D eigenvalue weighted by molar-refractivity contribution is 6.30. The van der Waals surface area contributed by atoms with Crippen molar-refractivity contribution in [2.45, 2.75) is 13.5 Å². The molecule has 0 saturated heterocycles. The molecule has 0 N–H and O–H groups in total. The van der Waals surface area contributed by atoms with Crippen LogP contribution in [0.5, 0.6) is 11.5 Å². The molecule has 4 aromatic rings. The van der Waals surface area contributed by atoms with Crippen molar-refractivity contribution in [3.8, 4) is 17.6 Å². The Morgan fingerprint density at radius 1 is 0.906 bits per heavy atom. The number of fused-ring (bicyclic) bond motifs is 1. The second-order valence-corrected chi connectivity index (χ2v) is 7.68. The molecule has 0 amide bonds. The lowest BCUT2D eigenvalue weighted by Gasteiger charge is -2.14. The number of benzene rings is 4. The van der Waals surface area contributed by atoms with E-state index in [0.29, 0.717) is 35.3 Å². The molecule has 3 nitrogen and oxygen atoms in total. The molecule has 0 saturated carbocycles. The van der Waals surface area contributed by atoms with Crippen LogP contribution in [0.2, 0.25) is 5.02 Å². The molecule has 0 spiro atoms. The molecule has 0 fully saturated rings. The lowest BCUT2D eigenvalue weighted by molar-refractivity contribution is 0.270. The van der Waals surface area contributed by atoms with Crippen molar-refractivity contribution in [1.29, 1.82) is 5.26 Å². The number of hydrogen-bond donors (Lipinski definition) is 0. The van der Waals surface area contributed by atoms with E-state index >= 15 is 0 Å². The highest BCUT2D eigenvalue weighted by Gasteiger charge is 2.09. The molecule has 32 heavy (non-hydrogen) atoms. The first-order chi connectivity index (χ1) is 15.7. The Morgan fingerprint density at radius 2 is 1.72 bits per heavy atom. The van der Waals surface area contributed by atoms with Crippen molar-refractivity contribution in [3.05, 3.63) is 107 Å². The molecule has 0 radical (unpaired) electrons. The van der Waals surface area contributed by atoms with Gasteiger partial charge in [-0.15, -0.1) is 0 Å². The Balaban J connectivity index is 1.61. The lowest BCUT2D eigenvalue weighted by Crippen LogP contribution is -2.00. The summed E-state index contributed by atoms with van der Waals surface area (Å²) in [7, 11) is 0. The van der Waals surface area contributed by atoms with Crippen LogP contribution < -0.4 is 9.47 Å². The van der Waals surface area contributed by atoms with E-state index in [-0.39, 0.29) is 0 Å². The minimum atomic E-state index is 0.433. The van der Waals surface area contributed by atoms with Gasteiger partial charge in [-0.05, 0) is 64.7 Å². The molecule has 0 aliphatic carbocycles. The molecule has 0 bridgehead atoms. The number of allylic oxidation sites excluding steroid dienone is 1. The SMILES string of the molecule is CCOc1cc(/C=C(/C#N)c2cccc(Cl)c2)ccc1OCc1cccc2ccccc12. The summed E-state index contributed by atoms with van der Waals surface area (Å²) < 4.78 is 12.0. The standard InChI is InChI=1S/C28H22ClNO2/c1-2-31-28-16-20(15-24(18-30)22-9-6-11-25(29)17-22)13-14-27(28)32-19-23-10-5-8-21-7-3-4-12-26(21)23/h3-17H,2,19H2,1H3/b24-15-. The summed E-state index contributed by atoms with van der Waals surface area (Å²) in [5.41, 5.74) is 3.26. The van der Waals surface area contributed by atoms with E-state index in [9.17, 15) is 5.26 Å². The monoisotopic (exact) mass is 439 g/mol. The topological polar surface area (TPSA) is 42.2 Å². The van der Waals surface area contributed by atoms with Crippen LogP contribution in [-0.2, 0) is 6.61 Å². The Labute approximate surface area is 193 Å². The van der Waals surface area contributed by atoms with Crippen molar-refractivity contribution in [3.63, 3.8) is 0 Å². The second-order valence-electron chi connectivity index (χ2n) is 7.25. The number of nitrogens with zero attached hydrogens (tertiary/aromatic N) is 1. The lowest BCUT2D eigenvalue weighted by atomic mass is 10.0. The normalized spacial score (nSPS) is 11.2. The van der Waals surface area contributed by atoms with Gasteiger partial charge in [-0.25, -0.2) is 0 Å². The largest absolute Gasteiger partial charge is 0.490 e. The van der Waals surface area contributed by atoms with Gasteiger partial charge >= 0.3 is 0 Å². The molecule has 0 atom stereocenters. The van der Waals surface area contributed by atoms with Gasteiger partial charge < -0.3 is 9.47 Å². The van der Waals surface area contributed by atoms with Crippen LogP contribution in [0.4, 0.5) is 0 Å². The van der Waals surface area contributed by atoms with Gasteiger partial charge in [0.1, 0.15) is 6.61 Å². The van der Waals surface area contributed by atoms with E-state index < -0.39 is 0 Å². The highest BCUT2D eigenvalue weighted by Crippen LogP contribution is 2.32. The summed E-state index contributed by atoms with van der Waals surface area (Å²) in [6.07, 6.45) is 1.82. The molecule has 0 aromatic heterocycles. The average Bonchev–Trinajstić information content (AvgIpc) is 2.82. The van der Waals surface area contributed by atoms with Crippen molar-refractivity contribution in [2.24, 2.45) is 0 Å². The third-order valence-electron chi connectivity index (χ3n) is 5.10. The van der Waals surface area contributed by atoms with Gasteiger partial charge in [0.25, 0.3) is 0 Å². The minimum absolute atomic E-state index is 0.433. The Bertz CT molecular complexity index is 1320. The molecule has 4 heteroatoms. The molecule has 0 unspecified atom stereocenters. The zero-order valence-electron chi connectivity index (χ0n) is 17.7. The number of halogens is 1. The molecule has 0 heterocycles. The van der Waals surface area contributed by atoms with Crippen LogP contribution in [0.3, 0.4) is 0 Å². The summed E-state index contributed by atoms with van der Waals surface area (Å²) in [6, 6.07) is 29.7. The summed E-state index contributed by atoms with van der Waals surface area (Å²) in [4.78, 5) is 0. The second kappa shape index (κ2) is 10.0. The average molecular weight is 440 g/mol. The van der Waals surface area contributed by atoms with Gasteiger partial charge in [0.15, 0.2) is 11.5 Å². The van der Waals surface area contributed by atoms with Crippen molar-refractivity contribution in [2.75, 3.05) is 6.61 Å². The van der Waals surface area contributed by atoms with Gasteiger partial charge in [-0.3, -0.25) is 0 Å². The quantitative estimate of drug-likeness (QED) is 0.220. The zero-order valence-corrected chi connectivity index (χ0v) is 18.5. The maximum absolute atomic E-state index is 9.64. The number of rotatable bonds is 7. The van der Waals surface area contributed by atoms with Crippen LogP contribution in [0.15, 0.2) is 84.9 Å². The van der Waals surface area contributed by atoms with Gasteiger partial charge in [-0.2, -0.15) is 5.26 Å². The van der Waals surface area contributed by atoms with Crippen molar-refractivity contribution < 1.29 is 9.47 Å². The first kappa shape index (κ1) is 21.5. The number of nitriles is 1. The van der Waals surface area contributed by atoms with E-state index in [2.05, 4.69) is 30.3 Å². The van der Waals surface area contributed by atoms with Crippen LogP contribution in [0.1, 0.15) is 23.6 Å². The predicted octanol–water partition coefficient (Wildman–Crippen LogP) is 7.54. The third-order valence-corrected chi connectivity index (χ3v) is 5.33. The Morgan fingerprint density at radius 3 is 2.53 bits per heavy atom. The fourth-order valence-corrected chi connectivity index (χ4v) is 3.77. The van der Waals surface area contributed by atoms with Crippen molar-refractivity contribution >= 4 is 34.0 Å². The number of hydrogen-bond acceptors (Lipinski definition) is 3. The Hall–Kier alpha value is -3.74. The molecule has 0 aliphatic rings. The zero-order chi connectivity index (χ0) is 22.3. The van der Waals surface area contributed by atoms with Crippen molar-refractivity contribution in [1.82, 2.24) is 0 Å². The van der Waals surface area contributed by atoms with E-state index in [0.717, 1.165) is 16.7 Å². The minimum Gasteiger partial charge on any atom is -0.490 e. The summed E-state index contributed by atoms with van der Waals surface area (Å²) >= 11 is 6.08. The summed E-state index contributed by atoms with van der Waals surface area (Å²) in [5, 5.41) is 12.6. The fourth-order valence-electron chi connectivity index (χ4n) is 3.58. The molecule has 4 aromatic carbocycles. The number of ether oxygens (including phenoxy) is 2. The van der Waals surface area contributed by atoms with Crippen LogP contribution in [0, 0.1) is 11.3 Å². The Kier molecular flexibility index (Phi) is 6.75. The maximum atomic E-state index is 9.64. The summed E-state index contributed by atoms with van der Waals surface area (Å²) in [6.45, 7) is 2.88. The van der Waals surface area contributed by atoms with Crippen LogP contribution >= 0.6 is 11.6 Å². The van der Waals surface area contributed by atoms with Gasteiger partial charge in [0, 0.05) is 5.02 Å². The summed E-state index contributed by atoms with van der Waals surface area (Å²) in [5.74, 6) is 1.31. The molecule has 0 aliphatic heterocycles. The van der Waals surface area contributed by atoms with Crippen LogP contribution in [0.25, 0.3) is 22.4 Å². The fraction of sp³-hybridized carbons (Fsp3) is 0.107. The first-order valence-electron chi connectivity index (χ1n) is 10.4. The molecular weight excluding hydrogens is 418 g/mol. The van der Waals surface area contributed by atoms with Gasteiger partial charge in [0.2, 0.25) is 0 Å². The third kappa shape index (κ3) is 4.94. The van der Waals surface area contributed by atoms with E-state index in [1.807, 2.05) is 61.5 Å². The maximum Gasteiger partial charge on any atom is 0.161 e. The predicted molar refractivity (Wildman–Crippen MR) is 131 cm³/mol.